The van der Waals surface area contributed by atoms with Crippen molar-refractivity contribution in [3.63, 3.8) is 0 Å². The Morgan fingerprint density at radius 2 is 2.05 bits per heavy atom. The van der Waals surface area contributed by atoms with Gasteiger partial charge in [-0.05, 0) is 43.7 Å². The average Bonchev–Trinajstić information content (AvgIpc) is 3.33. The Balaban J connectivity index is 1.71. The molecule has 1 aliphatic heterocycles. The van der Waals surface area contributed by atoms with Gasteiger partial charge in [0.1, 0.15) is 11.4 Å². The molecule has 9 nitrogen and oxygen atoms in total. The van der Waals surface area contributed by atoms with E-state index in [-0.39, 0.29) is 43.1 Å². The molecule has 3 rings (SSSR count). The molecule has 0 saturated carbocycles. The Hall–Kier alpha value is -4.26. The average molecular weight is 549 g/mol. The fourth-order valence-electron chi connectivity index (χ4n) is 3.75. The molecule has 2 amide bonds. The number of aromatic nitrogens is 1. The molecule has 39 heavy (non-hydrogen) atoms. The van der Waals surface area contributed by atoms with Crippen LogP contribution < -0.4 is 21.7 Å². The van der Waals surface area contributed by atoms with E-state index in [4.69, 9.17) is 10.5 Å². The second kappa shape index (κ2) is 12.1. The number of pyridine rings is 1. The van der Waals surface area contributed by atoms with Crippen LogP contribution in [0.4, 0.5) is 28.9 Å². The minimum atomic E-state index is -4.76. The maximum atomic E-state index is 13.4. The summed E-state index contributed by atoms with van der Waals surface area (Å²) in [6.45, 7) is 7.09. The summed E-state index contributed by atoms with van der Waals surface area (Å²) < 4.78 is 58.7. The number of hydrogen-bond donors (Lipinski definition) is 4. The molecule has 2 heterocycles. The second-order valence-electron chi connectivity index (χ2n) is 8.94. The number of aryl methyl sites for hydroxylation is 1. The smallest absolute Gasteiger partial charge is 0.404 e. The van der Waals surface area contributed by atoms with Gasteiger partial charge in [-0.1, -0.05) is 6.58 Å². The van der Waals surface area contributed by atoms with Crippen molar-refractivity contribution in [3.05, 3.63) is 77.1 Å². The van der Waals surface area contributed by atoms with E-state index in [9.17, 15) is 27.2 Å². The van der Waals surface area contributed by atoms with Crippen LogP contribution in [0.3, 0.4) is 0 Å². The van der Waals surface area contributed by atoms with Crippen molar-refractivity contribution in [3.8, 4) is 0 Å². The number of halogens is 4. The van der Waals surface area contributed by atoms with Crippen molar-refractivity contribution >= 4 is 29.4 Å². The van der Waals surface area contributed by atoms with Gasteiger partial charge in [-0.2, -0.15) is 13.2 Å². The third-order valence-electron chi connectivity index (χ3n) is 5.84. The van der Waals surface area contributed by atoms with E-state index in [0.29, 0.717) is 23.0 Å². The van der Waals surface area contributed by atoms with E-state index in [2.05, 4.69) is 32.5 Å². The number of carbonyl (C=O) groups is 2. The highest BCUT2D eigenvalue weighted by Gasteiger charge is 2.44. The monoisotopic (exact) mass is 548 g/mol. The zero-order valence-electron chi connectivity index (χ0n) is 21.3. The molecule has 0 unspecified atom stereocenters. The number of amides is 2. The Bertz CT molecular complexity index is 1320. The van der Waals surface area contributed by atoms with Crippen LogP contribution >= 0.6 is 0 Å². The standard InChI is InChI=1S/C26H28F4N6O3/c1-15(2)32-11-17(10-31)23(37)36-25(6-7-39-14-25)24(38)34-13-22-16(3)8-19(12-33-22)35-21-5-4-18(27)9-20(21)26(28,29)30/h4-5,8-12,35H,1,6-7,13-14,31H2,2-3H3,(H,34,38)(H,36,37)/b17-10+,32-11?/t25-/m0/s1. The zero-order valence-corrected chi connectivity index (χ0v) is 21.3. The summed E-state index contributed by atoms with van der Waals surface area (Å²) in [7, 11) is 0. The molecule has 1 fully saturated rings. The summed E-state index contributed by atoms with van der Waals surface area (Å²) in [5.74, 6) is -2.14. The first-order valence-corrected chi connectivity index (χ1v) is 11.7. The van der Waals surface area contributed by atoms with Gasteiger partial charge in [-0.25, -0.2) is 4.39 Å². The van der Waals surface area contributed by atoms with Crippen LogP contribution in [-0.2, 0) is 27.0 Å². The van der Waals surface area contributed by atoms with Crippen LogP contribution in [0.1, 0.15) is 30.2 Å². The van der Waals surface area contributed by atoms with Gasteiger partial charge in [0, 0.05) is 31.1 Å². The van der Waals surface area contributed by atoms with E-state index < -0.39 is 34.9 Å². The molecule has 208 valence electrons. The first kappa shape index (κ1) is 29.3. The largest absolute Gasteiger partial charge is 0.418 e. The lowest BCUT2D eigenvalue weighted by atomic mass is 9.96. The van der Waals surface area contributed by atoms with Gasteiger partial charge in [0.15, 0.2) is 0 Å². The summed E-state index contributed by atoms with van der Waals surface area (Å²) in [5.41, 5.74) is 4.46. The molecule has 1 atom stereocenters. The number of hydrogen-bond acceptors (Lipinski definition) is 7. The molecule has 1 aromatic heterocycles. The Morgan fingerprint density at radius 1 is 1.31 bits per heavy atom. The van der Waals surface area contributed by atoms with Crippen LogP contribution in [0.5, 0.6) is 0 Å². The summed E-state index contributed by atoms with van der Waals surface area (Å²) in [6, 6.07) is 3.87. The highest BCUT2D eigenvalue weighted by atomic mass is 19.4. The Morgan fingerprint density at radius 3 is 2.64 bits per heavy atom. The highest BCUT2D eigenvalue weighted by molar-refractivity contribution is 6.13. The SMILES string of the molecule is C=C(C)N=C/C(=C\N)C(=O)N[C@@]1(C(=O)NCc2ncc(Nc3ccc(F)cc3C(F)(F)F)cc2C)CCOC1. The number of nitrogens with one attached hydrogen (secondary N) is 3. The number of benzene rings is 1. The van der Waals surface area contributed by atoms with E-state index >= 15 is 0 Å². The number of ether oxygens (including phenoxy) is 1. The number of nitrogens with two attached hydrogens (primary N) is 1. The molecular weight excluding hydrogens is 520 g/mol. The molecule has 5 N–H and O–H groups in total. The number of alkyl halides is 3. The normalized spacial score (nSPS) is 17.7. The third kappa shape index (κ3) is 7.41. The number of carbonyl (C=O) groups excluding carboxylic acids is 2. The highest BCUT2D eigenvalue weighted by Crippen LogP contribution is 2.36. The van der Waals surface area contributed by atoms with Crippen molar-refractivity contribution < 1.29 is 31.9 Å². The molecule has 0 bridgehead atoms. The van der Waals surface area contributed by atoms with Crippen LogP contribution in [0, 0.1) is 12.7 Å². The number of allylic oxidation sites excluding steroid dienone is 1. The maximum Gasteiger partial charge on any atom is 0.418 e. The van der Waals surface area contributed by atoms with Crippen molar-refractivity contribution in [2.45, 2.75) is 38.5 Å². The molecular formula is C26H28F4N6O3. The number of aliphatic imine (C=N–C) groups is 1. The predicted molar refractivity (Wildman–Crippen MR) is 137 cm³/mol. The van der Waals surface area contributed by atoms with Gasteiger partial charge >= 0.3 is 6.18 Å². The molecule has 0 radical (unpaired) electrons. The lowest BCUT2D eigenvalue weighted by molar-refractivity contribution is -0.137. The van der Waals surface area contributed by atoms with E-state index in [0.717, 1.165) is 18.3 Å². The summed E-state index contributed by atoms with van der Waals surface area (Å²) in [6.07, 6.45) is -0.937. The van der Waals surface area contributed by atoms with Crippen molar-refractivity contribution in [1.29, 1.82) is 0 Å². The third-order valence-corrected chi connectivity index (χ3v) is 5.84. The van der Waals surface area contributed by atoms with Crippen LogP contribution in [0.15, 0.2) is 59.5 Å². The molecule has 2 aromatic rings. The molecule has 1 aromatic carbocycles. The van der Waals surface area contributed by atoms with E-state index in [1.807, 2.05) is 0 Å². The lowest BCUT2D eigenvalue weighted by Crippen LogP contribution is -2.59. The Labute approximate surface area is 222 Å². The van der Waals surface area contributed by atoms with E-state index in [1.54, 1.807) is 19.9 Å². The van der Waals surface area contributed by atoms with Gasteiger partial charge in [0.05, 0.1) is 47.6 Å². The predicted octanol–water partition coefficient (Wildman–Crippen LogP) is 3.63. The minimum Gasteiger partial charge on any atom is -0.404 e. The van der Waals surface area contributed by atoms with Crippen molar-refractivity contribution in [2.24, 2.45) is 10.7 Å². The van der Waals surface area contributed by atoms with Crippen LogP contribution in [0.25, 0.3) is 0 Å². The van der Waals surface area contributed by atoms with Crippen molar-refractivity contribution in [2.75, 3.05) is 18.5 Å². The summed E-state index contributed by atoms with van der Waals surface area (Å²) in [4.78, 5) is 34.1. The van der Waals surface area contributed by atoms with E-state index in [1.165, 1.54) is 12.4 Å². The lowest BCUT2D eigenvalue weighted by Gasteiger charge is -2.27. The zero-order chi connectivity index (χ0) is 28.8. The molecule has 0 aliphatic carbocycles. The first-order chi connectivity index (χ1) is 18.3. The van der Waals surface area contributed by atoms with Gasteiger partial charge in [-0.3, -0.25) is 19.6 Å². The number of anilines is 2. The van der Waals surface area contributed by atoms with Gasteiger partial charge in [0.25, 0.3) is 5.91 Å². The summed E-state index contributed by atoms with van der Waals surface area (Å²) >= 11 is 0. The molecule has 13 heteroatoms. The fourth-order valence-corrected chi connectivity index (χ4v) is 3.75. The van der Waals surface area contributed by atoms with Gasteiger partial charge in [0.2, 0.25) is 5.91 Å². The molecule has 1 saturated heterocycles. The molecule has 0 spiro atoms. The number of nitrogens with zero attached hydrogens (tertiary/aromatic N) is 2. The minimum absolute atomic E-state index is 0.0242. The van der Waals surface area contributed by atoms with Crippen LogP contribution in [0.2, 0.25) is 0 Å². The topological polar surface area (TPSA) is 131 Å². The van der Waals surface area contributed by atoms with Gasteiger partial charge in [-0.15, -0.1) is 0 Å². The summed E-state index contributed by atoms with van der Waals surface area (Å²) in [5, 5.41) is 8.03. The second-order valence-corrected chi connectivity index (χ2v) is 8.94. The fraction of sp³-hybridized carbons (Fsp3) is 0.308. The quantitative estimate of drug-likeness (QED) is 0.215. The van der Waals surface area contributed by atoms with Crippen molar-refractivity contribution in [1.82, 2.24) is 15.6 Å². The molecule has 1 aliphatic rings. The van der Waals surface area contributed by atoms with Crippen LogP contribution in [-0.4, -0.2) is 41.8 Å². The first-order valence-electron chi connectivity index (χ1n) is 11.7. The Kier molecular flexibility index (Phi) is 9.07. The number of rotatable bonds is 9. The maximum absolute atomic E-state index is 13.4. The van der Waals surface area contributed by atoms with Gasteiger partial charge < -0.3 is 26.4 Å².